The molecule has 4 heteroatoms. The van der Waals surface area contributed by atoms with Gasteiger partial charge in [0.1, 0.15) is 0 Å². The van der Waals surface area contributed by atoms with Crippen molar-refractivity contribution in [2.24, 2.45) is 0 Å². The number of benzene rings is 1. The number of nitrogens with zero attached hydrogens (tertiary/aromatic N) is 1. The van der Waals surface area contributed by atoms with Crippen molar-refractivity contribution in [1.29, 1.82) is 0 Å². The van der Waals surface area contributed by atoms with Crippen LogP contribution in [0.3, 0.4) is 0 Å². The van der Waals surface area contributed by atoms with Gasteiger partial charge in [0.25, 0.3) is 5.91 Å². The lowest BCUT2D eigenvalue weighted by molar-refractivity contribution is 0.0720. The Bertz CT molecular complexity index is 522. The summed E-state index contributed by atoms with van der Waals surface area (Å²) in [6, 6.07) is 10.9. The van der Waals surface area contributed by atoms with E-state index in [1.54, 1.807) is 17.0 Å². The minimum Gasteiger partial charge on any atom is -0.459 e. The first kappa shape index (κ1) is 12.7. The summed E-state index contributed by atoms with van der Waals surface area (Å²) in [4.78, 5) is 13.8. The van der Waals surface area contributed by atoms with Crippen molar-refractivity contribution < 1.29 is 9.21 Å². The van der Waals surface area contributed by atoms with Gasteiger partial charge >= 0.3 is 0 Å². The second-order valence-electron chi connectivity index (χ2n) is 3.93. The van der Waals surface area contributed by atoms with E-state index in [9.17, 15) is 4.79 Å². The molecule has 0 radical (unpaired) electrons. The Balaban J connectivity index is 2.12. The molecule has 0 saturated heterocycles. The van der Waals surface area contributed by atoms with Crippen molar-refractivity contribution in [1.82, 2.24) is 4.90 Å². The Hall–Kier alpha value is -1.74. The maximum atomic E-state index is 12.1. The smallest absolute Gasteiger partial charge is 0.289 e. The van der Waals surface area contributed by atoms with E-state index < -0.39 is 0 Å². The van der Waals surface area contributed by atoms with E-state index in [-0.39, 0.29) is 5.91 Å². The molecule has 1 heterocycles. The number of halogens is 1. The predicted molar refractivity (Wildman–Crippen MR) is 70.6 cm³/mol. The monoisotopic (exact) mass is 263 g/mol. The molecule has 0 saturated carbocycles. The zero-order chi connectivity index (χ0) is 13.0. The van der Waals surface area contributed by atoms with Crippen molar-refractivity contribution >= 4 is 17.5 Å². The third-order valence-electron chi connectivity index (χ3n) is 2.66. The van der Waals surface area contributed by atoms with E-state index in [2.05, 4.69) is 0 Å². The Morgan fingerprint density at radius 3 is 2.78 bits per heavy atom. The first-order valence-corrected chi connectivity index (χ1v) is 6.15. The second kappa shape index (κ2) is 5.74. The first-order valence-electron chi connectivity index (χ1n) is 5.78. The van der Waals surface area contributed by atoms with E-state index in [4.69, 9.17) is 16.0 Å². The summed E-state index contributed by atoms with van der Waals surface area (Å²) in [5, 5.41) is 0.675. The van der Waals surface area contributed by atoms with E-state index >= 15 is 0 Å². The molecule has 0 atom stereocenters. The average Bonchev–Trinajstić information content (AvgIpc) is 2.89. The molecule has 0 unspecified atom stereocenters. The normalized spacial score (nSPS) is 10.3. The Morgan fingerprint density at radius 1 is 1.33 bits per heavy atom. The van der Waals surface area contributed by atoms with Gasteiger partial charge in [0.05, 0.1) is 6.26 Å². The van der Waals surface area contributed by atoms with Crippen LogP contribution in [0.2, 0.25) is 5.02 Å². The predicted octanol–water partition coefficient (Wildman–Crippen LogP) is 3.60. The molecule has 1 amide bonds. The molecule has 18 heavy (non-hydrogen) atoms. The van der Waals surface area contributed by atoms with E-state index in [1.807, 2.05) is 31.2 Å². The van der Waals surface area contributed by atoms with E-state index in [0.717, 1.165) is 5.56 Å². The summed E-state index contributed by atoms with van der Waals surface area (Å²) in [5.41, 5.74) is 1.00. The molecule has 94 valence electrons. The molecular weight excluding hydrogens is 250 g/mol. The summed E-state index contributed by atoms with van der Waals surface area (Å²) in [6.45, 7) is 3.08. The van der Waals surface area contributed by atoms with E-state index in [1.165, 1.54) is 6.26 Å². The highest BCUT2D eigenvalue weighted by Gasteiger charge is 2.16. The van der Waals surface area contributed by atoms with Crippen LogP contribution in [0.5, 0.6) is 0 Å². The maximum absolute atomic E-state index is 12.1. The van der Waals surface area contributed by atoms with Gasteiger partial charge in [-0.25, -0.2) is 0 Å². The van der Waals surface area contributed by atoms with Gasteiger partial charge in [-0.15, -0.1) is 0 Å². The first-order chi connectivity index (χ1) is 8.70. The molecule has 0 aliphatic rings. The molecule has 1 aromatic carbocycles. The summed E-state index contributed by atoms with van der Waals surface area (Å²) >= 11 is 5.93. The van der Waals surface area contributed by atoms with E-state index in [0.29, 0.717) is 23.9 Å². The number of rotatable bonds is 4. The van der Waals surface area contributed by atoms with Crippen LogP contribution in [0.25, 0.3) is 0 Å². The van der Waals surface area contributed by atoms with Crippen molar-refractivity contribution in [2.45, 2.75) is 13.5 Å². The van der Waals surface area contributed by atoms with Gasteiger partial charge in [0.2, 0.25) is 0 Å². The maximum Gasteiger partial charge on any atom is 0.289 e. The fourth-order valence-electron chi connectivity index (χ4n) is 1.74. The highest BCUT2D eigenvalue weighted by Crippen LogP contribution is 2.14. The lowest BCUT2D eigenvalue weighted by atomic mass is 10.2. The van der Waals surface area contributed by atoms with Gasteiger partial charge in [0, 0.05) is 18.1 Å². The Kier molecular flexibility index (Phi) is 4.05. The van der Waals surface area contributed by atoms with Crippen LogP contribution in [-0.4, -0.2) is 17.4 Å². The van der Waals surface area contributed by atoms with Crippen LogP contribution in [0.4, 0.5) is 0 Å². The van der Waals surface area contributed by atoms with Crippen LogP contribution < -0.4 is 0 Å². The number of furan rings is 1. The summed E-state index contributed by atoms with van der Waals surface area (Å²) in [5.74, 6) is 0.251. The highest BCUT2D eigenvalue weighted by molar-refractivity contribution is 6.30. The summed E-state index contributed by atoms with van der Waals surface area (Å²) in [7, 11) is 0. The largest absolute Gasteiger partial charge is 0.459 e. The van der Waals surface area contributed by atoms with Gasteiger partial charge in [-0.3, -0.25) is 4.79 Å². The fourth-order valence-corrected chi connectivity index (χ4v) is 1.95. The fraction of sp³-hybridized carbons (Fsp3) is 0.214. The number of hydrogen-bond acceptors (Lipinski definition) is 2. The minimum absolute atomic E-state index is 0.109. The number of carbonyl (C=O) groups is 1. The van der Waals surface area contributed by atoms with Crippen LogP contribution >= 0.6 is 11.6 Å². The SMILES string of the molecule is CCN(Cc1cccc(Cl)c1)C(=O)c1ccco1. The van der Waals surface area contributed by atoms with Crippen molar-refractivity contribution in [3.05, 3.63) is 59.0 Å². The quantitative estimate of drug-likeness (QED) is 0.845. The molecule has 0 spiro atoms. The minimum atomic E-state index is -0.109. The molecule has 0 fully saturated rings. The summed E-state index contributed by atoms with van der Waals surface area (Å²) < 4.78 is 5.12. The molecule has 1 aromatic heterocycles. The molecule has 2 rings (SSSR count). The van der Waals surface area contributed by atoms with Crippen LogP contribution in [0.1, 0.15) is 23.0 Å². The molecule has 2 aromatic rings. The molecule has 0 aliphatic carbocycles. The molecule has 0 N–H and O–H groups in total. The Labute approximate surface area is 111 Å². The number of hydrogen-bond donors (Lipinski definition) is 0. The van der Waals surface area contributed by atoms with Crippen LogP contribution in [0.15, 0.2) is 47.1 Å². The van der Waals surface area contributed by atoms with Gasteiger partial charge in [0.15, 0.2) is 5.76 Å². The molecular formula is C14H14ClNO2. The van der Waals surface area contributed by atoms with Crippen LogP contribution in [0, 0.1) is 0 Å². The lowest BCUT2D eigenvalue weighted by Gasteiger charge is -2.19. The zero-order valence-corrected chi connectivity index (χ0v) is 10.9. The Morgan fingerprint density at radius 2 is 2.17 bits per heavy atom. The highest BCUT2D eigenvalue weighted by atomic mass is 35.5. The molecule has 0 bridgehead atoms. The van der Waals surface area contributed by atoms with Crippen molar-refractivity contribution in [3.63, 3.8) is 0 Å². The lowest BCUT2D eigenvalue weighted by Crippen LogP contribution is -2.29. The third-order valence-corrected chi connectivity index (χ3v) is 2.90. The van der Waals surface area contributed by atoms with Gasteiger partial charge in [-0.05, 0) is 36.8 Å². The van der Waals surface area contributed by atoms with Gasteiger partial charge in [-0.2, -0.15) is 0 Å². The van der Waals surface area contributed by atoms with Gasteiger partial charge in [-0.1, -0.05) is 23.7 Å². The van der Waals surface area contributed by atoms with Crippen molar-refractivity contribution in [3.8, 4) is 0 Å². The number of carbonyl (C=O) groups excluding carboxylic acids is 1. The zero-order valence-electron chi connectivity index (χ0n) is 10.1. The third kappa shape index (κ3) is 2.93. The topological polar surface area (TPSA) is 33.5 Å². The second-order valence-corrected chi connectivity index (χ2v) is 4.36. The van der Waals surface area contributed by atoms with Gasteiger partial charge < -0.3 is 9.32 Å². The van der Waals surface area contributed by atoms with Crippen LogP contribution in [-0.2, 0) is 6.54 Å². The van der Waals surface area contributed by atoms with Crippen molar-refractivity contribution in [2.75, 3.05) is 6.54 Å². The average molecular weight is 264 g/mol. The standard InChI is InChI=1S/C14H14ClNO2/c1-2-16(14(17)13-7-4-8-18-13)10-11-5-3-6-12(15)9-11/h3-9H,2,10H2,1H3. The summed E-state index contributed by atoms with van der Waals surface area (Å²) in [6.07, 6.45) is 1.50. The number of amides is 1. The molecule has 0 aliphatic heterocycles. The molecule has 3 nitrogen and oxygen atoms in total.